The van der Waals surface area contributed by atoms with E-state index in [1.165, 1.54) is 0 Å². The van der Waals surface area contributed by atoms with E-state index in [0.29, 0.717) is 26.2 Å². The van der Waals surface area contributed by atoms with Gasteiger partial charge in [-0.2, -0.15) is 0 Å². The molecule has 2 saturated heterocycles. The molecule has 28 heavy (non-hydrogen) atoms. The Morgan fingerprint density at radius 1 is 1.11 bits per heavy atom. The van der Waals surface area contributed by atoms with Crippen LogP contribution in [0.1, 0.15) is 40.5 Å². The molecule has 0 radical (unpaired) electrons. The Kier molecular flexibility index (Phi) is 8.28. The molecule has 2 aliphatic heterocycles. The second-order valence-electron chi connectivity index (χ2n) is 9.73. The van der Waals surface area contributed by atoms with Crippen LogP contribution in [0.25, 0.3) is 0 Å². The number of carbonyl (C=O) groups is 2. The maximum absolute atomic E-state index is 12.6. The van der Waals surface area contributed by atoms with E-state index in [4.69, 9.17) is 4.74 Å². The number of likely N-dealkylation sites (tertiary alicyclic amines) is 1. The summed E-state index contributed by atoms with van der Waals surface area (Å²) in [6.45, 7) is 13.4. The highest BCUT2D eigenvalue weighted by molar-refractivity contribution is 5.79. The third-order valence-electron chi connectivity index (χ3n) is 5.57. The summed E-state index contributed by atoms with van der Waals surface area (Å²) >= 11 is 0. The lowest BCUT2D eigenvalue weighted by Crippen LogP contribution is -2.52. The van der Waals surface area contributed by atoms with Crippen LogP contribution in [0.5, 0.6) is 0 Å². The van der Waals surface area contributed by atoms with Crippen molar-refractivity contribution >= 4 is 11.8 Å². The third-order valence-corrected chi connectivity index (χ3v) is 5.57. The number of hydrogen-bond acceptors (Lipinski definition) is 5. The van der Waals surface area contributed by atoms with Crippen LogP contribution < -0.4 is 5.32 Å². The highest BCUT2D eigenvalue weighted by atomic mass is 16.5. The summed E-state index contributed by atoms with van der Waals surface area (Å²) in [5, 5.41) is 3.14. The van der Waals surface area contributed by atoms with Gasteiger partial charge >= 0.3 is 0 Å². The Morgan fingerprint density at radius 3 is 2.21 bits per heavy atom. The van der Waals surface area contributed by atoms with Crippen molar-refractivity contribution in [3.8, 4) is 0 Å². The fraction of sp³-hybridized carbons (Fsp3) is 0.905. The van der Waals surface area contributed by atoms with Gasteiger partial charge in [-0.25, -0.2) is 0 Å². The average Bonchev–Trinajstić information content (AvgIpc) is 2.58. The Morgan fingerprint density at radius 2 is 1.68 bits per heavy atom. The Hall–Kier alpha value is -1.18. The minimum atomic E-state index is 0.0543. The fourth-order valence-corrected chi connectivity index (χ4v) is 4.41. The largest absolute Gasteiger partial charge is 0.372 e. The highest BCUT2D eigenvalue weighted by Crippen LogP contribution is 2.20. The zero-order chi connectivity index (χ0) is 20.9. The quantitative estimate of drug-likeness (QED) is 0.697. The second kappa shape index (κ2) is 10.0. The molecule has 2 aliphatic rings. The van der Waals surface area contributed by atoms with Crippen molar-refractivity contribution in [2.45, 2.75) is 52.7 Å². The van der Waals surface area contributed by atoms with E-state index >= 15 is 0 Å². The van der Waals surface area contributed by atoms with Gasteiger partial charge in [0.25, 0.3) is 0 Å². The maximum Gasteiger partial charge on any atom is 0.236 e. The molecule has 162 valence electrons. The molecule has 0 aliphatic carbocycles. The summed E-state index contributed by atoms with van der Waals surface area (Å²) in [5.74, 6) is 0.397. The molecule has 7 heteroatoms. The SMILES string of the molecule is CC1CN(C(=O)CN2CCC(C(=O)NCC(C)(C)CN(C)C)CC2)CC(C)O1. The van der Waals surface area contributed by atoms with E-state index in [9.17, 15) is 9.59 Å². The van der Waals surface area contributed by atoms with Gasteiger partial charge in [-0.3, -0.25) is 14.5 Å². The molecule has 1 N–H and O–H groups in total. The summed E-state index contributed by atoms with van der Waals surface area (Å²) in [7, 11) is 4.11. The monoisotopic (exact) mass is 396 g/mol. The Labute approximate surface area is 170 Å². The van der Waals surface area contributed by atoms with Crippen LogP contribution in [-0.2, 0) is 14.3 Å². The van der Waals surface area contributed by atoms with Gasteiger partial charge in [0.2, 0.25) is 11.8 Å². The van der Waals surface area contributed by atoms with Crippen molar-refractivity contribution in [1.29, 1.82) is 0 Å². The molecule has 2 rings (SSSR count). The molecule has 0 bridgehead atoms. The molecule has 2 fully saturated rings. The predicted molar refractivity (Wildman–Crippen MR) is 111 cm³/mol. The van der Waals surface area contributed by atoms with E-state index in [1.54, 1.807) is 0 Å². The van der Waals surface area contributed by atoms with Crippen LogP contribution in [0.4, 0.5) is 0 Å². The molecular formula is C21H40N4O3. The van der Waals surface area contributed by atoms with E-state index in [2.05, 4.69) is 43.1 Å². The Bertz CT molecular complexity index is 520. The number of carbonyl (C=O) groups excluding carboxylic acids is 2. The minimum Gasteiger partial charge on any atom is -0.372 e. The molecule has 2 unspecified atom stereocenters. The minimum absolute atomic E-state index is 0.0543. The molecule has 0 aromatic carbocycles. The highest BCUT2D eigenvalue weighted by Gasteiger charge is 2.30. The van der Waals surface area contributed by atoms with E-state index < -0.39 is 0 Å². The van der Waals surface area contributed by atoms with Crippen molar-refractivity contribution in [2.75, 3.05) is 59.9 Å². The maximum atomic E-state index is 12.6. The van der Waals surface area contributed by atoms with E-state index in [0.717, 1.165) is 32.5 Å². The van der Waals surface area contributed by atoms with Crippen LogP contribution in [0, 0.1) is 11.3 Å². The van der Waals surface area contributed by atoms with Gasteiger partial charge in [0.15, 0.2) is 0 Å². The fourth-order valence-electron chi connectivity index (χ4n) is 4.41. The predicted octanol–water partition coefficient (Wildman–Crippen LogP) is 1.04. The standard InChI is InChI=1S/C21H40N4O3/c1-16-11-25(12-17(2)28-16)19(26)13-24-9-7-18(8-10-24)20(27)22-14-21(3,4)15-23(5)6/h16-18H,7-15H2,1-6H3,(H,22,27). The molecule has 0 aromatic heterocycles. The topological polar surface area (TPSA) is 65.1 Å². The smallest absolute Gasteiger partial charge is 0.236 e. The molecule has 0 aromatic rings. The van der Waals surface area contributed by atoms with Crippen LogP contribution in [0.2, 0.25) is 0 Å². The summed E-state index contributed by atoms with van der Waals surface area (Å²) in [4.78, 5) is 31.4. The lowest BCUT2D eigenvalue weighted by atomic mass is 9.91. The molecule has 7 nitrogen and oxygen atoms in total. The van der Waals surface area contributed by atoms with Crippen LogP contribution >= 0.6 is 0 Å². The van der Waals surface area contributed by atoms with E-state index in [-0.39, 0.29) is 35.4 Å². The van der Waals surface area contributed by atoms with Gasteiger partial charge < -0.3 is 19.9 Å². The second-order valence-corrected chi connectivity index (χ2v) is 9.73. The zero-order valence-electron chi connectivity index (χ0n) is 18.7. The van der Waals surface area contributed by atoms with Crippen LogP contribution in [0.15, 0.2) is 0 Å². The molecular weight excluding hydrogens is 356 g/mol. The molecule has 2 atom stereocenters. The first-order valence-corrected chi connectivity index (χ1v) is 10.6. The summed E-state index contributed by atoms with van der Waals surface area (Å²) in [6, 6.07) is 0. The third kappa shape index (κ3) is 7.33. The summed E-state index contributed by atoms with van der Waals surface area (Å²) in [6.07, 6.45) is 1.84. The first kappa shape index (κ1) is 23.1. The first-order valence-electron chi connectivity index (χ1n) is 10.6. The number of piperidine rings is 1. The molecule has 0 saturated carbocycles. The van der Waals surface area contributed by atoms with Crippen LogP contribution in [0.3, 0.4) is 0 Å². The van der Waals surface area contributed by atoms with Crippen molar-refractivity contribution in [2.24, 2.45) is 11.3 Å². The number of ether oxygens (including phenoxy) is 1. The van der Waals surface area contributed by atoms with E-state index in [1.807, 2.05) is 18.7 Å². The zero-order valence-corrected chi connectivity index (χ0v) is 18.7. The summed E-state index contributed by atoms with van der Waals surface area (Å²) in [5.41, 5.74) is 0.0543. The van der Waals surface area contributed by atoms with Gasteiger partial charge in [0.05, 0.1) is 18.8 Å². The number of nitrogens with zero attached hydrogens (tertiary/aromatic N) is 3. The average molecular weight is 397 g/mol. The van der Waals surface area contributed by atoms with Crippen LogP contribution in [-0.4, -0.2) is 98.6 Å². The first-order chi connectivity index (χ1) is 13.1. The van der Waals surface area contributed by atoms with Crippen molar-refractivity contribution in [3.05, 3.63) is 0 Å². The number of morpholine rings is 1. The normalized spacial score (nSPS) is 25.2. The van der Waals surface area contributed by atoms with Gasteiger partial charge in [-0.05, 0) is 59.3 Å². The molecule has 2 amide bonds. The molecule has 0 spiro atoms. The lowest BCUT2D eigenvalue weighted by molar-refractivity contribution is -0.144. The van der Waals surface area contributed by atoms with Crippen molar-refractivity contribution in [3.63, 3.8) is 0 Å². The van der Waals surface area contributed by atoms with Gasteiger partial charge in [0.1, 0.15) is 0 Å². The lowest BCUT2D eigenvalue weighted by Gasteiger charge is -2.37. The van der Waals surface area contributed by atoms with Crippen molar-refractivity contribution < 1.29 is 14.3 Å². The van der Waals surface area contributed by atoms with Gasteiger partial charge in [-0.15, -0.1) is 0 Å². The number of nitrogens with one attached hydrogen (secondary N) is 1. The number of rotatable bonds is 7. The number of hydrogen-bond donors (Lipinski definition) is 1. The van der Waals surface area contributed by atoms with Crippen molar-refractivity contribution in [1.82, 2.24) is 20.0 Å². The number of amides is 2. The summed E-state index contributed by atoms with van der Waals surface area (Å²) < 4.78 is 5.71. The van der Waals surface area contributed by atoms with Gasteiger partial charge in [-0.1, -0.05) is 13.8 Å². The molecule has 2 heterocycles. The Balaban J connectivity index is 1.72. The van der Waals surface area contributed by atoms with Gasteiger partial charge in [0, 0.05) is 32.1 Å².